The molecule has 0 aliphatic carbocycles. The van der Waals surface area contributed by atoms with Crippen molar-refractivity contribution in [1.29, 1.82) is 0 Å². The van der Waals surface area contributed by atoms with Crippen molar-refractivity contribution in [2.45, 2.75) is 306 Å². The van der Waals surface area contributed by atoms with Crippen LogP contribution in [0, 0.1) is 0 Å². The number of rotatable bonds is 28. The number of aliphatic hydroxyl groups excluding tert-OH is 21. The summed E-state index contributed by atoms with van der Waals surface area (Å²) >= 11 is 0. The van der Waals surface area contributed by atoms with E-state index in [1.807, 2.05) is 0 Å². The van der Waals surface area contributed by atoms with Crippen LogP contribution in [-0.2, 0) is 99.5 Å². The van der Waals surface area contributed by atoms with Gasteiger partial charge in [-0.2, -0.15) is 0 Å². The molecule has 616 valence electrons. The number of fused-ring (bicyclic) bond motifs is 7. The summed E-state index contributed by atoms with van der Waals surface area (Å²) in [5.74, 6) is 0. The minimum Gasteiger partial charge on any atom is -0.394 e. The highest BCUT2D eigenvalue weighted by molar-refractivity contribution is 5.03. The molecule has 15 rings (SSSR count). The molecule has 42 heteroatoms. The van der Waals surface area contributed by atoms with Gasteiger partial charge in [-0.1, -0.05) is 0 Å². The fraction of sp³-hybridized carbons (Fsp3) is 1.00. The Labute approximate surface area is 603 Å². The summed E-state index contributed by atoms with van der Waals surface area (Å²) < 4.78 is 130. The Bertz CT molecular complexity index is 2000. The van der Waals surface area contributed by atoms with Crippen LogP contribution in [0.3, 0.4) is 0 Å². The summed E-state index contributed by atoms with van der Waals surface area (Å²) in [7, 11) is 0. The van der Waals surface area contributed by atoms with Gasteiger partial charge >= 0.3 is 0 Å². The molecule has 14 bridgehead atoms. The molecular formula is C63H112O42. The Balaban J connectivity index is 1.24. The standard InChI is InChI=1S/C63H112O42/c1-22(71)15-85-50-36(78)43-29(8-64)92-57(50)99-44-30(9-65)93-59(51(37(44)79)86-16-23(2)72)101-46-32(11-67)95-61(53(39(46)81)88-18-25(4)74)103-48-34(13-69)97-63(55(41(48)83)90-20-27(6)76)105-49-35(14-70)98-62(56(42(49)84)91-21-28(7)77)104-47-33(12-68)96-60(54(40(47)82)89-19-26(5)75)102-45-31(10-66)94-58(100-43)52(38(45)80)87-17-24(3)73/h22-84H,8-21H2,1-7H3/t22?,23?,24?,25?,26?,27?,28?,29-,30-,31-,32-,33-,34-,35-,36+,37+,38+,39+,40+,41+,42+,43-,44-,45-,46-,47-,48-,49-,50-,51-,52-,53-,54-,55-,56+,57-,58-,59-,60-,61-,62-,63-/m1/s1. The van der Waals surface area contributed by atoms with Crippen molar-refractivity contribution >= 4 is 0 Å². The van der Waals surface area contributed by atoms with Gasteiger partial charge < -0.3 is 207 Å². The third-order valence-corrected chi connectivity index (χ3v) is 18.3. The molecular weight excluding hydrogens is 1430 g/mol. The third-order valence-electron chi connectivity index (χ3n) is 18.3. The molecule has 0 aromatic rings. The van der Waals surface area contributed by atoms with Gasteiger partial charge in [-0.05, 0) is 48.5 Å². The van der Waals surface area contributed by atoms with E-state index < -0.39 is 350 Å². The lowest BCUT2D eigenvalue weighted by atomic mass is 9.94. The van der Waals surface area contributed by atoms with Gasteiger partial charge in [-0.15, -0.1) is 0 Å². The average molecular weight is 1540 g/mol. The molecule has 0 spiro atoms. The highest BCUT2D eigenvalue weighted by Gasteiger charge is 2.61. The van der Waals surface area contributed by atoms with Crippen LogP contribution < -0.4 is 0 Å². The molecule has 0 aromatic heterocycles. The zero-order valence-corrected chi connectivity index (χ0v) is 59.1. The normalized spacial score (nSPS) is 46.0. The van der Waals surface area contributed by atoms with Gasteiger partial charge in [0.1, 0.15) is 171 Å². The molecule has 0 saturated carbocycles. The predicted molar refractivity (Wildman–Crippen MR) is 336 cm³/mol. The van der Waals surface area contributed by atoms with E-state index in [9.17, 15) is 107 Å². The Hall–Kier alpha value is -1.68. The largest absolute Gasteiger partial charge is 0.394 e. The lowest BCUT2D eigenvalue weighted by Gasteiger charge is -2.51. The van der Waals surface area contributed by atoms with Crippen LogP contribution in [0.15, 0.2) is 0 Å². The van der Waals surface area contributed by atoms with Crippen LogP contribution in [0.5, 0.6) is 0 Å². The zero-order chi connectivity index (χ0) is 77.0. The summed E-state index contributed by atoms with van der Waals surface area (Å²) in [4.78, 5) is 0. The van der Waals surface area contributed by atoms with Crippen LogP contribution in [-0.4, -0.2) is 457 Å². The summed E-state index contributed by atoms with van der Waals surface area (Å²) in [6.45, 7) is -2.30. The second-order valence-electron chi connectivity index (χ2n) is 27.7. The second-order valence-corrected chi connectivity index (χ2v) is 27.7. The van der Waals surface area contributed by atoms with Crippen molar-refractivity contribution < 1.29 is 207 Å². The first-order valence-corrected chi connectivity index (χ1v) is 35.2. The third kappa shape index (κ3) is 22.2. The lowest BCUT2D eigenvalue weighted by Crippen LogP contribution is -2.69. The quantitative estimate of drug-likeness (QED) is 0.0346. The Morgan fingerprint density at radius 1 is 0.200 bits per heavy atom. The maximum Gasteiger partial charge on any atom is 0.187 e. The first-order chi connectivity index (χ1) is 49.9. The van der Waals surface area contributed by atoms with Crippen LogP contribution in [0.1, 0.15) is 48.5 Å². The molecule has 15 aliphatic rings. The Kier molecular flexibility index (Phi) is 35.0. The monoisotopic (exact) mass is 1540 g/mol. The molecule has 7 unspecified atom stereocenters. The van der Waals surface area contributed by atoms with Crippen LogP contribution in [0.25, 0.3) is 0 Å². The molecule has 15 fully saturated rings. The van der Waals surface area contributed by atoms with Crippen molar-refractivity contribution in [3.05, 3.63) is 0 Å². The van der Waals surface area contributed by atoms with E-state index in [0.29, 0.717) is 0 Å². The maximum absolute atomic E-state index is 12.5. The van der Waals surface area contributed by atoms with Crippen LogP contribution in [0.2, 0.25) is 0 Å². The van der Waals surface area contributed by atoms with E-state index in [2.05, 4.69) is 0 Å². The van der Waals surface area contributed by atoms with E-state index in [1.165, 1.54) is 48.5 Å². The molecule has 15 aliphatic heterocycles. The van der Waals surface area contributed by atoms with Gasteiger partial charge in [0.05, 0.1) is 135 Å². The number of hydrogen-bond donors (Lipinski definition) is 21. The van der Waals surface area contributed by atoms with Crippen molar-refractivity contribution in [3.8, 4) is 0 Å². The van der Waals surface area contributed by atoms with E-state index >= 15 is 0 Å². The summed E-state index contributed by atoms with van der Waals surface area (Å²) in [6.07, 6.45) is -75.5. The Morgan fingerprint density at radius 2 is 0.305 bits per heavy atom. The molecule has 21 N–H and O–H groups in total. The highest BCUT2D eigenvalue weighted by Crippen LogP contribution is 2.42. The molecule has 0 amide bonds. The molecule has 0 aromatic carbocycles. The van der Waals surface area contributed by atoms with Crippen molar-refractivity contribution in [3.63, 3.8) is 0 Å². The van der Waals surface area contributed by atoms with Gasteiger partial charge in [0, 0.05) is 0 Å². The minimum absolute atomic E-state index is 0.586. The smallest absolute Gasteiger partial charge is 0.187 e. The Morgan fingerprint density at radius 3 is 0.390 bits per heavy atom. The number of hydrogen-bond acceptors (Lipinski definition) is 42. The van der Waals surface area contributed by atoms with Gasteiger partial charge in [0.25, 0.3) is 0 Å². The topological polar surface area (TPSA) is 619 Å². The van der Waals surface area contributed by atoms with Gasteiger partial charge in [0.2, 0.25) is 0 Å². The molecule has 42 nitrogen and oxygen atoms in total. The maximum atomic E-state index is 12.5. The van der Waals surface area contributed by atoms with E-state index in [0.717, 1.165) is 0 Å². The predicted octanol–water partition coefficient (Wildman–Crippen LogP) is -12.4. The van der Waals surface area contributed by atoms with Gasteiger partial charge in [0.15, 0.2) is 44.0 Å². The van der Waals surface area contributed by atoms with Gasteiger partial charge in [-0.3, -0.25) is 0 Å². The SMILES string of the molecule is CC(O)CO[C@@H]1[C@H]2O[C@H]3[C@H](O)[C@@H](OCC(C)O)[C@@H](O[C@H]4[C@H](O)[C@@H](OCC(C)O)[C@@H](O[C@H]5[C@H](O)[C@@H](OCC(C)O)[C@@H](O[C@H]6[C@H](O)[C@@H](OCC(C)O)[C@@H](O[C@H]7[C@H](O)[C@@H](OCC(C)O)[C@@H](O[C@H]8[C@H](O)[C@@H](OCC(C)O)[C@@H](O[C@@H]([C@@H]1O)[C@@H](CO)O2)O[C@@H]8CO)O[C@@H]7CO)O[C@@H]6CO)O[C@@H]5CO)O[C@@H]4CO)O[C@@H]3CO. The fourth-order valence-corrected chi connectivity index (χ4v) is 13.3. The van der Waals surface area contributed by atoms with E-state index in [4.69, 9.17) is 99.5 Å². The second kappa shape index (κ2) is 41.4. The number of ether oxygens (including phenoxy) is 21. The molecule has 15 saturated heterocycles. The fourth-order valence-electron chi connectivity index (χ4n) is 13.3. The van der Waals surface area contributed by atoms with Gasteiger partial charge in [-0.25, -0.2) is 0 Å². The zero-order valence-electron chi connectivity index (χ0n) is 59.1. The van der Waals surface area contributed by atoms with E-state index in [-0.39, 0.29) is 0 Å². The van der Waals surface area contributed by atoms with Crippen molar-refractivity contribution in [2.75, 3.05) is 92.5 Å². The van der Waals surface area contributed by atoms with Crippen LogP contribution in [0.4, 0.5) is 0 Å². The van der Waals surface area contributed by atoms with Crippen molar-refractivity contribution in [2.24, 2.45) is 0 Å². The highest BCUT2D eigenvalue weighted by atomic mass is 16.8. The lowest BCUT2D eigenvalue weighted by molar-refractivity contribution is -0.403. The average Bonchev–Trinajstić information content (AvgIpc) is 0.786. The molecule has 15 heterocycles. The first-order valence-electron chi connectivity index (χ1n) is 35.2. The molecule has 105 heavy (non-hydrogen) atoms. The summed E-state index contributed by atoms with van der Waals surface area (Å²) in [5.41, 5.74) is 0. The van der Waals surface area contributed by atoms with Crippen LogP contribution >= 0.6 is 0 Å². The molecule has 42 atom stereocenters. The summed E-state index contributed by atoms with van der Waals surface area (Å²) in [5, 5.41) is 238. The van der Waals surface area contributed by atoms with E-state index in [1.54, 1.807) is 0 Å². The number of aliphatic hydroxyl groups is 21. The van der Waals surface area contributed by atoms with Crippen molar-refractivity contribution in [1.82, 2.24) is 0 Å². The molecule has 0 radical (unpaired) electrons. The first kappa shape index (κ1) is 88.9. The minimum atomic E-state index is -2.08. The summed E-state index contributed by atoms with van der Waals surface area (Å²) in [6, 6.07) is 0.